The van der Waals surface area contributed by atoms with Crippen molar-refractivity contribution in [2.24, 2.45) is 5.73 Å². The molecule has 32 heavy (non-hydrogen) atoms. The van der Waals surface area contributed by atoms with Gasteiger partial charge in [0, 0.05) is 23.4 Å². The third-order valence-electron chi connectivity index (χ3n) is 5.15. The number of likely N-dealkylation sites (tertiary alicyclic amines) is 1. The average Bonchev–Trinajstić information content (AvgIpc) is 3.12. The Hall–Kier alpha value is -3.23. The van der Waals surface area contributed by atoms with Gasteiger partial charge in [-0.25, -0.2) is 9.78 Å². The van der Waals surface area contributed by atoms with Crippen molar-refractivity contribution in [1.82, 2.24) is 9.88 Å². The van der Waals surface area contributed by atoms with Crippen molar-refractivity contribution in [3.05, 3.63) is 23.8 Å². The molecule has 9 heteroatoms. The van der Waals surface area contributed by atoms with Crippen molar-refractivity contribution in [3.8, 4) is 17.4 Å². The summed E-state index contributed by atoms with van der Waals surface area (Å²) >= 11 is 0. The van der Waals surface area contributed by atoms with Gasteiger partial charge < -0.3 is 24.7 Å². The molecule has 0 spiro atoms. The van der Waals surface area contributed by atoms with E-state index in [1.54, 1.807) is 33.9 Å². The van der Waals surface area contributed by atoms with E-state index in [0.29, 0.717) is 29.5 Å². The summed E-state index contributed by atoms with van der Waals surface area (Å²) in [5, 5.41) is 0.776. The first-order valence-electron chi connectivity index (χ1n) is 10.6. The van der Waals surface area contributed by atoms with Crippen LogP contribution in [0.2, 0.25) is 0 Å². The van der Waals surface area contributed by atoms with Crippen LogP contribution in [-0.4, -0.2) is 59.9 Å². The molecule has 0 aliphatic carbocycles. The second-order valence-electron chi connectivity index (χ2n) is 8.71. The number of rotatable bonds is 6. The van der Waals surface area contributed by atoms with Gasteiger partial charge in [-0.1, -0.05) is 0 Å². The van der Waals surface area contributed by atoms with Gasteiger partial charge in [0.1, 0.15) is 29.2 Å². The second kappa shape index (κ2) is 9.10. The summed E-state index contributed by atoms with van der Waals surface area (Å²) in [6.45, 7) is 9.70. The lowest BCUT2D eigenvalue weighted by molar-refractivity contribution is -0.122. The lowest BCUT2D eigenvalue weighted by Crippen LogP contribution is -2.45. The first-order valence-corrected chi connectivity index (χ1v) is 10.6. The summed E-state index contributed by atoms with van der Waals surface area (Å²) < 4.78 is 22.8. The largest absolute Gasteiger partial charge is 0.496 e. The zero-order chi connectivity index (χ0) is 23.6. The van der Waals surface area contributed by atoms with Gasteiger partial charge in [0.15, 0.2) is 0 Å². The minimum absolute atomic E-state index is 0.172. The zero-order valence-corrected chi connectivity index (χ0v) is 19.4. The van der Waals surface area contributed by atoms with Crippen LogP contribution in [0.3, 0.4) is 0 Å². The molecule has 0 bridgehead atoms. The molecule has 1 aromatic heterocycles. The number of ether oxygens (including phenoxy) is 4. The van der Waals surface area contributed by atoms with E-state index < -0.39 is 29.7 Å². The molecule has 174 valence electrons. The maximum atomic E-state index is 12.6. The average molecular weight is 446 g/mol. The summed E-state index contributed by atoms with van der Waals surface area (Å²) in [5.74, 6) is 1.07. The van der Waals surface area contributed by atoms with Crippen LogP contribution in [0, 0.1) is 6.92 Å². The Morgan fingerprint density at radius 1 is 1.25 bits per heavy atom. The Morgan fingerprint density at radius 3 is 2.56 bits per heavy atom. The van der Waals surface area contributed by atoms with E-state index in [1.807, 2.05) is 26.0 Å². The topological polar surface area (TPSA) is 113 Å². The van der Waals surface area contributed by atoms with Gasteiger partial charge in [-0.3, -0.25) is 9.69 Å². The molecule has 2 amide bonds. The number of fused-ring (bicyclic) bond motifs is 1. The summed E-state index contributed by atoms with van der Waals surface area (Å²) in [5.41, 5.74) is 6.42. The van der Waals surface area contributed by atoms with E-state index in [-0.39, 0.29) is 13.0 Å². The number of pyridine rings is 1. The molecule has 9 nitrogen and oxygen atoms in total. The summed E-state index contributed by atoms with van der Waals surface area (Å²) in [4.78, 5) is 30.6. The normalized spacial score (nSPS) is 18.5. The number of aromatic nitrogens is 1. The molecule has 1 saturated heterocycles. The van der Waals surface area contributed by atoms with Gasteiger partial charge >= 0.3 is 6.09 Å². The number of benzene rings is 1. The van der Waals surface area contributed by atoms with Crippen LogP contribution >= 0.6 is 0 Å². The van der Waals surface area contributed by atoms with Crippen LogP contribution in [0.4, 0.5) is 4.79 Å². The van der Waals surface area contributed by atoms with Gasteiger partial charge in [0.2, 0.25) is 11.8 Å². The molecule has 2 N–H and O–H groups in total. The Balaban J connectivity index is 1.93. The third kappa shape index (κ3) is 4.98. The maximum absolute atomic E-state index is 12.6. The highest BCUT2D eigenvalue weighted by Gasteiger charge is 2.42. The summed E-state index contributed by atoms with van der Waals surface area (Å²) in [7, 11) is 1.60. The van der Waals surface area contributed by atoms with Crippen molar-refractivity contribution in [2.75, 3.05) is 20.3 Å². The fourth-order valence-corrected chi connectivity index (χ4v) is 3.75. The number of amides is 2. The molecule has 1 aliphatic rings. The highest BCUT2D eigenvalue weighted by atomic mass is 16.6. The van der Waals surface area contributed by atoms with E-state index in [4.69, 9.17) is 24.7 Å². The van der Waals surface area contributed by atoms with E-state index in [0.717, 1.165) is 10.9 Å². The van der Waals surface area contributed by atoms with Crippen molar-refractivity contribution < 1.29 is 28.5 Å². The fraction of sp³-hybridized carbons (Fsp3) is 0.522. The minimum Gasteiger partial charge on any atom is -0.496 e. The Kier molecular flexibility index (Phi) is 6.66. The second-order valence-corrected chi connectivity index (χ2v) is 8.71. The number of hydrogen-bond acceptors (Lipinski definition) is 7. The molecular formula is C23H31N3O6. The molecule has 0 unspecified atom stereocenters. The lowest BCUT2D eigenvalue weighted by atomic mass is 10.1. The molecule has 1 aliphatic heterocycles. The summed E-state index contributed by atoms with van der Waals surface area (Å²) in [6.07, 6.45) is -0.789. The van der Waals surface area contributed by atoms with Crippen LogP contribution in [0.5, 0.6) is 17.4 Å². The molecular weight excluding hydrogens is 414 g/mol. The minimum atomic E-state index is -0.809. The highest BCUT2D eigenvalue weighted by Crippen LogP contribution is 2.36. The molecule has 2 heterocycles. The molecule has 2 aromatic rings. The van der Waals surface area contributed by atoms with Gasteiger partial charge in [-0.2, -0.15) is 0 Å². The van der Waals surface area contributed by atoms with E-state index in [9.17, 15) is 9.59 Å². The van der Waals surface area contributed by atoms with Crippen molar-refractivity contribution >= 4 is 22.9 Å². The highest BCUT2D eigenvalue weighted by molar-refractivity contribution is 5.90. The Bertz CT molecular complexity index is 1020. The number of aryl methyl sites for hydroxylation is 1. The quantitative estimate of drug-likeness (QED) is 0.726. The van der Waals surface area contributed by atoms with Crippen molar-refractivity contribution in [3.63, 3.8) is 0 Å². The smallest absolute Gasteiger partial charge is 0.411 e. The molecule has 0 saturated carbocycles. The third-order valence-corrected chi connectivity index (χ3v) is 5.15. The fourth-order valence-electron chi connectivity index (χ4n) is 3.75. The zero-order valence-electron chi connectivity index (χ0n) is 19.4. The first-order chi connectivity index (χ1) is 15.0. The van der Waals surface area contributed by atoms with Gasteiger partial charge in [-0.05, 0) is 46.8 Å². The van der Waals surface area contributed by atoms with E-state index in [1.165, 1.54) is 4.90 Å². The predicted octanol–water partition coefficient (Wildman–Crippen LogP) is 3.19. The van der Waals surface area contributed by atoms with Crippen LogP contribution in [0.15, 0.2) is 18.2 Å². The molecule has 0 radical (unpaired) electrons. The Labute approximate surface area is 187 Å². The lowest BCUT2D eigenvalue weighted by Gasteiger charge is -2.27. The van der Waals surface area contributed by atoms with Gasteiger partial charge in [0.25, 0.3) is 0 Å². The van der Waals surface area contributed by atoms with Crippen LogP contribution in [0.1, 0.15) is 39.7 Å². The van der Waals surface area contributed by atoms with E-state index in [2.05, 4.69) is 4.98 Å². The standard InChI is InChI=1S/C23H31N3O6/c1-7-30-19-11-18(15-8-9-17(29-6)13(2)20(15)25-19)31-14-10-16(21(24)27)26(12-14)22(28)32-23(3,4)5/h8-9,11,14,16H,7,10,12H2,1-6H3,(H2,24,27)/t14-,16+/m1/s1. The van der Waals surface area contributed by atoms with Crippen LogP contribution in [-0.2, 0) is 9.53 Å². The first kappa shape index (κ1) is 23.4. The number of carbonyl (C=O) groups is 2. The van der Waals surface area contributed by atoms with Gasteiger partial charge in [0.05, 0.1) is 25.8 Å². The van der Waals surface area contributed by atoms with E-state index >= 15 is 0 Å². The number of nitrogens with two attached hydrogens (primary N) is 1. The summed E-state index contributed by atoms with van der Waals surface area (Å²) in [6, 6.07) is 4.62. The molecule has 1 aromatic carbocycles. The van der Waals surface area contributed by atoms with Crippen molar-refractivity contribution in [2.45, 2.75) is 58.8 Å². The number of hydrogen-bond donors (Lipinski definition) is 1. The maximum Gasteiger partial charge on any atom is 0.411 e. The Morgan fingerprint density at radius 2 is 1.97 bits per heavy atom. The SMILES string of the molecule is CCOc1cc(O[C@@H]2C[C@@H](C(N)=O)N(C(=O)OC(C)(C)C)C2)c2ccc(OC)c(C)c2n1. The monoisotopic (exact) mass is 445 g/mol. The number of carbonyl (C=O) groups excluding carboxylic acids is 2. The van der Waals surface area contributed by atoms with Crippen LogP contribution in [0.25, 0.3) is 10.9 Å². The molecule has 2 atom stereocenters. The van der Waals surface area contributed by atoms with Crippen LogP contribution < -0.4 is 19.9 Å². The predicted molar refractivity (Wildman–Crippen MR) is 119 cm³/mol. The number of primary amides is 1. The molecule has 1 fully saturated rings. The number of nitrogens with zero attached hydrogens (tertiary/aromatic N) is 2. The molecule has 3 rings (SSSR count). The van der Waals surface area contributed by atoms with Crippen molar-refractivity contribution in [1.29, 1.82) is 0 Å². The number of methoxy groups -OCH3 is 1. The van der Waals surface area contributed by atoms with Gasteiger partial charge in [-0.15, -0.1) is 0 Å².